The maximum atomic E-state index is 12.5. The first-order chi connectivity index (χ1) is 11.0. The average Bonchev–Trinajstić information content (AvgIpc) is 2.85. The summed E-state index contributed by atoms with van der Waals surface area (Å²) in [5, 5.41) is -0.227. The van der Waals surface area contributed by atoms with Gasteiger partial charge in [0.1, 0.15) is 11.5 Å². The summed E-state index contributed by atoms with van der Waals surface area (Å²) in [6, 6.07) is 4.75. The third kappa shape index (κ3) is 2.86. The van der Waals surface area contributed by atoms with E-state index < -0.39 is 0 Å². The molecule has 122 valence electrons. The first kappa shape index (κ1) is 15.7. The van der Waals surface area contributed by atoms with Gasteiger partial charge in [0.25, 0.3) is 11.1 Å². The number of carbonyl (C=O) groups is 3. The summed E-state index contributed by atoms with van der Waals surface area (Å²) in [6.07, 6.45) is 0. The van der Waals surface area contributed by atoms with Crippen LogP contribution in [0.15, 0.2) is 18.2 Å². The molecule has 0 spiro atoms. The van der Waals surface area contributed by atoms with E-state index in [1.165, 1.54) is 19.1 Å². The zero-order valence-electron chi connectivity index (χ0n) is 12.8. The van der Waals surface area contributed by atoms with Crippen molar-refractivity contribution in [2.75, 3.05) is 33.1 Å². The predicted octanol–water partition coefficient (Wildman–Crippen LogP) is 1.22. The topological polar surface area (TPSA) is 76.2 Å². The van der Waals surface area contributed by atoms with Crippen LogP contribution in [-0.4, -0.2) is 66.0 Å². The van der Waals surface area contributed by atoms with Crippen LogP contribution in [0.25, 0.3) is 0 Å². The van der Waals surface area contributed by atoms with Crippen molar-refractivity contribution in [1.82, 2.24) is 9.80 Å². The minimum absolute atomic E-state index is 0.176. The van der Waals surface area contributed by atoms with Crippen molar-refractivity contribution < 1.29 is 23.9 Å². The van der Waals surface area contributed by atoms with Crippen LogP contribution in [-0.2, 0) is 4.79 Å². The minimum Gasteiger partial charge on any atom is -0.497 e. The van der Waals surface area contributed by atoms with Crippen LogP contribution in [0.3, 0.4) is 0 Å². The lowest BCUT2D eigenvalue weighted by atomic mass is 10.0. The Balaban J connectivity index is 1.69. The van der Waals surface area contributed by atoms with Gasteiger partial charge in [-0.15, -0.1) is 0 Å². The fourth-order valence-electron chi connectivity index (χ4n) is 2.62. The second-order valence-corrected chi connectivity index (χ2v) is 6.21. The number of amides is 3. The Morgan fingerprint density at radius 1 is 1.13 bits per heavy atom. The van der Waals surface area contributed by atoms with E-state index in [2.05, 4.69) is 0 Å². The van der Waals surface area contributed by atoms with Gasteiger partial charge in [-0.1, -0.05) is 11.8 Å². The number of methoxy groups -OCH3 is 2. The molecule has 1 aromatic rings. The Morgan fingerprint density at radius 3 is 2.22 bits per heavy atom. The zero-order valence-corrected chi connectivity index (χ0v) is 13.6. The van der Waals surface area contributed by atoms with Gasteiger partial charge < -0.3 is 14.4 Å². The molecule has 0 unspecified atom stereocenters. The van der Waals surface area contributed by atoms with Crippen molar-refractivity contribution in [3.8, 4) is 11.5 Å². The highest BCUT2D eigenvalue weighted by Gasteiger charge is 2.43. The summed E-state index contributed by atoms with van der Waals surface area (Å²) < 4.78 is 10.3. The van der Waals surface area contributed by atoms with Gasteiger partial charge in [-0.05, 0) is 12.1 Å². The predicted molar refractivity (Wildman–Crippen MR) is 83.9 cm³/mol. The molecule has 0 saturated carbocycles. The molecule has 0 bridgehead atoms. The van der Waals surface area contributed by atoms with Gasteiger partial charge in [0.15, 0.2) is 0 Å². The third-order valence-corrected chi connectivity index (χ3v) is 4.73. The number of likely N-dealkylation sites (tertiary alicyclic amines) is 1. The minimum atomic E-state index is -0.227. The zero-order chi connectivity index (χ0) is 16.6. The molecule has 3 rings (SSSR count). The van der Waals surface area contributed by atoms with Gasteiger partial charge in [0, 0.05) is 24.7 Å². The van der Waals surface area contributed by atoms with E-state index in [1.807, 2.05) is 0 Å². The van der Waals surface area contributed by atoms with Gasteiger partial charge in [0.05, 0.1) is 26.0 Å². The van der Waals surface area contributed by atoms with E-state index in [9.17, 15) is 14.4 Å². The molecule has 0 aliphatic carbocycles. The van der Waals surface area contributed by atoms with Crippen molar-refractivity contribution in [3.05, 3.63) is 23.8 Å². The van der Waals surface area contributed by atoms with Crippen molar-refractivity contribution >= 4 is 28.8 Å². The number of ether oxygens (including phenoxy) is 2. The Bertz CT molecular complexity index is 634. The Kier molecular flexibility index (Phi) is 4.16. The molecule has 8 heteroatoms. The molecule has 0 atom stereocenters. The largest absolute Gasteiger partial charge is 0.497 e. The van der Waals surface area contributed by atoms with Gasteiger partial charge in [0.2, 0.25) is 5.91 Å². The van der Waals surface area contributed by atoms with Crippen LogP contribution in [0.5, 0.6) is 11.5 Å². The van der Waals surface area contributed by atoms with Crippen LogP contribution >= 0.6 is 11.8 Å². The van der Waals surface area contributed by atoms with Crippen LogP contribution in [0, 0.1) is 0 Å². The fraction of sp³-hybridized carbons (Fsp3) is 0.400. The summed E-state index contributed by atoms with van der Waals surface area (Å²) in [5.74, 6) is 0.901. The number of nitrogens with zero attached hydrogens (tertiary/aromatic N) is 2. The quantitative estimate of drug-likeness (QED) is 0.823. The lowest BCUT2D eigenvalue weighted by Gasteiger charge is -2.42. The molecule has 2 fully saturated rings. The molecule has 1 aromatic carbocycles. The molecule has 0 radical (unpaired) electrons. The second kappa shape index (κ2) is 6.11. The van der Waals surface area contributed by atoms with Crippen molar-refractivity contribution in [2.24, 2.45) is 0 Å². The second-order valence-electron chi connectivity index (χ2n) is 5.28. The van der Waals surface area contributed by atoms with Crippen LogP contribution in [0.2, 0.25) is 0 Å². The van der Waals surface area contributed by atoms with Crippen LogP contribution in [0.1, 0.15) is 10.4 Å². The molecule has 0 N–H and O–H groups in total. The van der Waals surface area contributed by atoms with Crippen LogP contribution < -0.4 is 9.47 Å². The molecular formula is C15H16N2O5S. The first-order valence-electron chi connectivity index (χ1n) is 7.04. The van der Waals surface area contributed by atoms with E-state index >= 15 is 0 Å². The highest BCUT2D eigenvalue weighted by molar-refractivity contribution is 8.14. The van der Waals surface area contributed by atoms with E-state index in [1.54, 1.807) is 23.1 Å². The van der Waals surface area contributed by atoms with Crippen molar-refractivity contribution in [1.29, 1.82) is 0 Å². The Hall–Kier alpha value is -2.22. The third-order valence-electron chi connectivity index (χ3n) is 3.90. The maximum absolute atomic E-state index is 12.5. The monoisotopic (exact) mass is 336 g/mol. The standard InChI is InChI=1S/C15H16N2O5S/c1-21-11-3-9(4-12(5-11)22-2)14(19)16-6-10(7-16)17-13(18)8-23-15(17)20/h3-5,10H,6-8H2,1-2H3. The molecule has 7 nitrogen and oxygen atoms in total. The number of carbonyl (C=O) groups excluding carboxylic acids is 3. The smallest absolute Gasteiger partial charge is 0.289 e. The van der Waals surface area contributed by atoms with E-state index in [0.717, 1.165) is 11.8 Å². The summed E-state index contributed by atoms with van der Waals surface area (Å²) in [4.78, 5) is 38.7. The number of imide groups is 1. The van der Waals surface area contributed by atoms with E-state index in [4.69, 9.17) is 9.47 Å². The Morgan fingerprint density at radius 2 is 1.74 bits per heavy atom. The number of rotatable bonds is 4. The molecule has 2 saturated heterocycles. The summed E-state index contributed by atoms with van der Waals surface area (Å²) >= 11 is 1.01. The number of hydrogen-bond donors (Lipinski definition) is 0. The molecular weight excluding hydrogens is 320 g/mol. The maximum Gasteiger partial charge on any atom is 0.289 e. The van der Waals surface area contributed by atoms with Gasteiger partial charge in [-0.3, -0.25) is 19.3 Å². The van der Waals surface area contributed by atoms with Crippen LogP contribution in [0.4, 0.5) is 4.79 Å². The molecule has 2 aliphatic rings. The van der Waals surface area contributed by atoms with Crippen molar-refractivity contribution in [2.45, 2.75) is 6.04 Å². The lowest BCUT2D eigenvalue weighted by molar-refractivity contribution is -0.128. The highest BCUT2D eigenvalue weighted by Crippen LogP contribution is 2.28. The summed E-state index contributed by atoms with van der Waals surface area (Å²) in [6.45, 7) is 0.715. The lowest BCUT2D eigenvalue weighted by Crippen LogP contribution is -2.62. The molecule has 0 aromatic heterocycles. The SMILES string of the molecule is COc1cc(OC)cc(C(=O)N2CC(N3C(=O)CSC3=O)C2)c1. The van der Waals surface area contributed by atoms with E-state index in [-0.39, 0.29) is 28.8 Å². The molecule has 3 amide bonds. The molecule has 2 heterocycles. The summed E-state index contributed by atoms with van der Waals surface area (Å²) in [7, 11) is 3.04. The fourth-order valence-corrected chi connectivity index (χ4v) is 3.39. The molecule has 2 aliphatic heterocycles. The summed E-state index contributed by atoms with van der Waals surface area (Å²) in [5.41, 5.74) is 0.452. The van der Waals surface area contributed by atoms with E-state index in [0.29, 0.717) is 30.2 Å². The number of hydrogen-bond acceptors (Lipinski definition) is 6. The average molecular weight is 336 g/mol. The number of benzene rings is 1. The van der Waals surface area contributed by atoms with Gasteiger partial charge >= 0.3 is 0 Å². The normalized spacial score (nSPS) is 18.2. The Labute approximate surface area is 137 Å². The van der Waals surface area contributed by atoms with Gasteiger partial charge in [-0.2, -0.15) is 0 Å². The van der Waals surface area contributed by atoms with Gasteiger partial charge in [-0.25, -0.2) is 0 Å². The highest BCUT2D eigenvalue weighted by atomic mass is 32.2. The van der Waals surface area contributed by atoms with Crippen molar-refractivity contribution in [3.63, 3.8) is 0 Å². The molecule has 23 heavy (non-hydrogen) atoms. The first-order valence-corrected chi connectivity index (χ1v) is 8.03. The number of thioether (sulfide) groups is 1.